The molecule has 2 atom stereocenters. The highest BCUT2D eigenvalue weighted by Crippen LogP contribution is 2.29. The van der Waals surface area contributed by atoms with Crippen LogP contribution in [0.5, 0.6) is 5.75 Å². The number of nitrogens with two attached hydrogens (primary N) is 2. The van der Waals surface area contributed by atoms with Crippen molar-refractivity contribution in [3.63, 3.8) is 0 Å². The smallest absolute Gasteiger partial charge is 0.238 e. The lowest BCUT2D eigenvalue weighted by atomic mass is 10.1. The van der Waals surface area contributed by atoms with Crippen molar-refractivity contribution >= 4 is 10.0 Å². The van der Waals surface area contributed by atoms with E-state index in [2.05, 4.69) is 0 Å². The van der Waals surface area contributed by atoms with Crippen LogP contribution in [0.4, 0.5) is 0 Å². The topological polar surface area (TPSA) is 95.4 Å². The van der Waals surface area contributed by atoms with Crippen molar-refractivity contribution in [3.05, 3.63) is 24.3 Å². The van der Waals surface area contributed by atoms with Crippen molar-refractivity contribution in [2.75, 3.05) is 6.54 Å². The van der Waals surface area contributed by atoms with Crippen LogP contribution in [0.3, 0.4) is 0 Å². The van der Waals surface area contributed by atoms with Crippen molar-refractivity contribution < 1.29 is 13.2 Å². The Labute approximate surface area is 107 Å². The Balaban J connectivity index is 2.07. The third-order valence-electron chi connectivity index (χ3n) is 3.33. The molecule has 0 heterocycles. The van der Waals surface area contributed by atoms with Gasteiger partial charge in [0, 0.05) is 5.92 Å². The SMILES string of the molecule is NCC1CCCC1Oc1ccc(S(N)(=O)=O)cc1. The number of hydrogen-bond donors (Lipinski definition) is 2. The number of benzene rings is 1. The highest BCUT2D eigenvalue weighted by Gasteiger charge is 2.27. The van der Waals surface area contributed by atoms with Crippen LogP contribution >= 0.6 is 0 Å². The Kier molecular flexibility index (Phi) is 3.89. The van der Waals surface area contributed by atoms with Crippen molar-refractivity contribution in [3.8, 4) is 5.75 Å². The molecule has 2 rings (SSSR count). The normalized spacial score (nSPS) is 24.1. The van der Waals surface area contributed by atoms with Crippen molar-refractivity contribution in [2.45, 2.75) is 30.3 Å². The number of ether oxygens (including phenoxy) is 1. The summed E-state index contributed by atoms with van der Waals surface area (Å²) in [6.07, 6.45) is 3.35. The fourth-order valence-corrected chi connectivity index (χ4v) is 2.83. The van der Waals surface area contributed by atoms with E-state index in [9.17, 15) is 8.42 Å². The zero-order valence-electron chi connectivity index (χ0n) is 10.1. The zero-order chi connectivity index (χ0) is 13.2. The molecule has 1 saturated carbocycles. The quantitative estimate of drug-likeness (QED) is 0.847. The van der Waals surface area contributed by atoms with E-state index in [1.807, 2.05) is 0 Å². The molecular formula is C12H18N2O3S. The van der Waals surface area contributed by atoms with Crippen LogP contribution in [0.25, 0.3) is 0 Å². The third kappa shape index (κ3) is 3.01. The average molecular weight is 270 g/mol. The average Bonchev–Trinajstić information content (AvgIpc) is 2.76. The van der Waals surface area contributed by atoms with Gasteiger partial charge < -0.3 is 10.5 Å². The summed E-state index contributed by atoms with van der Waals surface area (Å²) in [5, 5.41) is 5.03. The maximum Gasteiger partial charge on any atom is 0.238 e. The summed E-state index contributed by atoms with van der Waals surface area (Å²) < 4.78 is 28.0. The van der Waals surface area contributed by atoms with Crippen LogP contribution in [0.15, 0.2) is 29.2 Å². The molecule has 100 valence electrons. The molecule has 0 saturated heterocycles. The molecule has 0 spiro atoms. The Hall–Kier alpha value is -1.11. The Bertz CT molecular complexity index is 499. The summed E-state index contributed by atoms with van der Waals surface area (Å²) >= 11 is 0. The molecule has 1 aromatic rings. The molecular weight excluding hydrogens is 252 g/mol. The van der Waals surface area contributed by atoms with Crippen LogP contribution in [0.1, 0.15) is 19.3 Å². The maximum atomic E-state index is 11.1. The molecule has 1 aliphatic rings. The van der Waals surface area contributed by atoms with E-state index >= 15 is 0 Å². The van der Waals surface area contributed by atoms with E-state index in [1.165, 1.54) is 12.1 Å². The van der Waals surface area contributed by atoms with Gasteiger partial charge in [0.25, 0.3) is 0 Å². The summed E-state index contributed by atoms with van der Waals surface area (Å²) in [4.78, 5) is 0.0941. The highest BCUT2D eigenvalue weighted by molar-refractivity contribution is 7.89. The van der Waals surface area contributed by atoms with Gasteiger partial charge in [-0.25, -0.2) is 13.6 Å². The molecule has 1 aromatic carbocycles. The number of primary sulfonamides is 1. The van der Waals surface area contributed by atoms with E-state index in [1.54, 1.807) is 12.1 Å². The van der Waals surface area contributed by atoms with Crippen LogP contribution < -0.4 is 15.6 Å². The molecule has 0 aromatic heterocycles. The van der Waals surface area contributed by atoms with E-state index in [4.69, 9.17) is 15.6 Å². The molecule has 0 aliphatic heterocycles. The van der Waals surface area contributed by atoms with Crippen LogP contribution in [0, 0.1) is 5.92 Å². The molecule has 0 radical (unpaired) electrons. The van der Waals surface area contributed by atoms with Crippen LogP contribution in [-0.2, 0) is 10.0 Å². The Morgan fingerprint density at radius 1 is 1.22 bits per heavy atom. The van der Waals surface area contributed by atoms with Crippen molar-refractivity contribution in [1.29, 1.82) is 0 Å². The molecule has 18 heavy (non-hydrogen) atoms. The van der Waals surface area contributed by atoms with Crippen LogP contribution in [-0.4, -0.2) is 21.1 Å². The zero-order valence-corrected chi connectivity index (χ0v) is 10.9. The molecule has 5 nitrogen and oxygen atoms in total. The van der Waals surface area contributed by atoms with Gasteiger partial charge in [-0.2, -0.15) is 0 Å². The van der Waals surface area contributed by atoms with Gasteiger partial charge in [0.15, 0.2) is 0 Å². The van der Waals surface area contributed by atoms with Crippen molar-refractivity contribution in [1.82, 2.24) is 0 Å². The van der Waals surface area contributed by atoms with E-state index < -0.39 is 10.0 Å². The third-order valence-corrected chi connectivity index (χ3v) is 4.26. The monoisotopic (exact) mass is 270 g/mol. The van der Waals surface area contributed by atoms with Gasteiger partial charge >= 0.3 is 0 Å². The van der Waals surface area contributed by atoms with Gasteiger partial charge in [-0.1, -0.05) is 0 Å². The largest absolute Gasteiger partial charge is 0.490 e. The van der Waals surface area contributed by atoms with Crippen molar-refractivity contribution in [2.24, 2.45) is 16.8 Å². The lowest BCUT2D eigenvalue weighted by Crippen LogP contribution is -2.27. The predicted octanol–water partition coefficient (Wildman–Crippen LogP) is 0.840. The minimum Gasteiger partial charge on any atom is -0.490 e. The molecule has 2 unspecified atom stereocenters. The summed E-state index contributed by atoms with van der Waals surface area (Å²) in [7, 11) is -3.64. The summed E-state index contributed by atoms with van der Waals surface area (Å²) in [6, 6.07) is 6.17. The van der Waals surface area contributed by atoms with E-state index in [0.717, 1.165) is 19.3 Å². The van der Waals surface area contributed by atoms with E-state index in [0.29, 0.717) is 18.2 Å². The Morgan fingerprint density at radius 2 is 1.89 bits per heavy atom. The highest BCUT2D eigenvalue weighted by atomic mass is 32.2. The van der Waals surface area contributed by atoms with Crippen LogP contribution in [0.2, 0.25) is 0 Å². The lowest BCUT2D eigenvalue weighted by molar-refractivity contribution is 0.162. The second-order valence-corrected chi connectivity index (χ2v) is 6.16. The maximum absolute atomic E-state index is 11.1. The van der Waals surface area contributed by atoms with Gasteiger partial charge in [0.1, 0.15) is 11.9 Å². The van der Waals surface area contributed by atoms with Gasteiger partial charge in [-0.05, 0) is 50.1 Å². The molecule has 6 heteroatoms. The van der Waals surface area contributed by atoms with Gasteiger partial charge in [-0.15, -0.1) is 0 Å². The minimum atomic E-state index is -3.64. The standard InChI is InChI=1S/C12H18N2O3S/c13-8-9-2-1-3-12(9)17-10-4-6-11(7-5-10)18(14,15)16/h4-7,9,12H,1-3,8,13H2,(H2,14,15,16). The number of sulfonamides is 1. The Morgan fingerprint density at radius 3 is 2.44 bits per heavy atom. The first kappa shape index (κ1) is 13.3. The second-order valence-electron chi connectivity index (χ2n) is 4.60. The molecule has 4 N–H and O–H groups in total. The number of rotatable bonds is 4. The summed E-state index contributed by atoms with van der Waals surface area (Å²) in [6.45, 7) is 0.625. The second kappa shape index (κ2) is 5.26. The first-order valence-corrected chi connectivity index (χ1v) is 7.55. The summed E-state index contributed by atoms with van der Waals surface area (Å²) in [5.74, 6) is 1.05. The fourth-order valence-electron chi connectivity index (χ4n) is 2.31. The molecule has 1 fully saturated rings. The van der Waals surface area contributed by atoms with Gasteiger partial charge in [-0.3, -0.25) is 0 Å². The fraction of sp³-hybridized carbons (Fsp3) is 0.500. The molecule has 0 bridgehead atoms. The first-order valence-electron chi connectivity index (χ1n) is 6.00. The van der Waals surface area contributed by atoms with Gasteiger partial charge in [0.05, 0.1) is 4.90 Å². The first-order chi connectivity index (χ1) is 8.50. The predicted molar refractivity (Wildman–Crippen MR) is 68.6 cm³/mol. The number of hydrogen-bond acceptors (Lipinski definition) is 4. The van der Waals surface area contributed by atoms with Gasteiger partial charge in [0.2, 0.25) is 10.0 Å². The summed E-state index contributed by atoms with van der Waals surface area (Å²) in [5.41, 5.74) is 5.68. The lowest BCUT2D eigenvalue weighted by Gasteiger charge is -2.19. The minimum absolute atomic E-state index is 0.0941. The van der Waals surface area contributed by atoms with E-state index in [-0.39, 0.29) is 11.0 Å². The molecule has 1 aliphatic carbocycles. The molecule has 0 amide bonds.